The van der Waals surface area contributed by atoms with E-state index in [1.165, 1.54) is 0 Å². The molecule has 4 heteroatoms. The fraction of sp³-hybridized carbons (Fsp3) is 0.346. The third-order valence-electron chi connectivity index (χ3n) is 7.18. The number of fused-ring (bicyclic) bond motifs is 4. The van der Waals surface area contributed by atoms with Crippen molar-refractivity contribution in [3.63, 3.8) is 0 Å². The topological polar surface area (TPSA) is 12.4 Å². The Hall–Kier alpha value is -2.62. The van der Waals surface area contributed by atoms with Crippen LogP contribution < -0.4 is 0 Å². The fourth-order valence-corrected chi connectivity index (χ4v) is 5.71. The van der Waals surface area contributed by atoms with E-state index < -0.39 is 23.6 Å². The van der Waals surface area contributed by atoms with Crippen molar-refractivity contribution in [2.45, 2.75) is 56.2 Å². The van der Waals surface area contributed by atoms with Gasteiger partial charge in [0.05, 0.1) is 17.7 Å². The highest BCUT2D eigenvalue weighted by Gasteiger charge is 2.58. The van der Waals surface area contributed by atoms with Gasteiger partial charge in [-0.2, -0.15) is 13.2 Å². The van der Waals surface area contributed by atoms with Crippen molar-refractivity contribution in [2.24, 2.45) is 4.99 Å². The predicted molar refractivity (Wildman–Crippen MR) is 115 cm³/mol. The zero-order valence-corrected chi connectivity index (χ0v) is 17.0. The molecule has 0 radical (unpaired) electrons. The first-order valence-corrected chi connectivity index (χ1v) is 10.6. The third kappa shape index (κ3) is 2.88. The molecule has 0 unspecified atom stereocenters. The van der Waals surface area contributed by atoms with Crippen molar-refractivity contribution in [3.05, 3.63) is 83.4 Å². The van der Waals surface area contributed by atoms with Crippen LogP contribution in [-0.2, 0) is 5.41 Å². The van der Waals surface area contributed by atoms with Crippen LogP contribution in [0.1, 0.15) is 55.7 Å². The van der Waals surface area contributed by atoms with E-state index >= 15 is 0 Å². The summed E-state index contributed by atoms with van der Waals surface area (Å²) in [5.41, 5.74) is 1.80. The molecule has 0 aromatic heterocycles. The van der Waals surface area contributed by atoms with Crippen molar-refractivity contribution in [1.82, 2.24) is 0 Å². The number of hydrogen-bond acceptors (Lipinski definition) is 1. The molecule has 0 saturated heterocycles. The smallest absolute Gasteiger partial charge is 0.276 e. The van der Waals surface area contributed by atoms with E-state index in [1.807, 2.05) is 73.7 Å². The Kier molecular flexibility index (Phi) is 4.32. The van der Waals surface area contributed by atoms with Gasteiger partial charge in [0.1, 0.15) is 0 Å². The summed E-state index contributed by atoms with van der Waals surface area (Å²) < 4.78 is 41.6. The summed E-state index contributed by atoms with van der Waals surface area (Å²) in [7, 11) is 0. The van der Waals surface area contributed by atoms with Gasteiger partial charge >= 0.3 is 6.18 Å². The molecule has 1 saturated carbocycles. The Morgan fingerprint density at radius 2 is 1.50 bits per heavy atom. The molecular formula is C26H24F3N. The van der Waals surface area contributed by atoms with Gasteiger partial charge in [-0.3, -0.25) is 4.99 Å². The minimum absolute atomic E-state index is 0.464. The molecule has 1 aliphatic heterocycles. The lowest BCUT2D eigenvalue weighted by molar-refractivity contribution is -0.156. The van der Waals surface area contributed by atoms with Crippen LogP contribution in [-0.4, -0.2) is 17.4 Å². The van der Waals surface area contributed by atoms with Gasteiger partial charge in [-0.05, 0) is 29.2 Å². The van der Waals surface area contributed by atoms with Crippen molar-refractivity contribution in [2.75, 3.05) is 0 Å². The van der Waals surface area contributed by atoms with E-state index in [0.717, 1.165) is 46.7 Å². The van der Waals surface area contributed by atoms with E-state index in [9.17, 15) is 13.2 Å². The van der Waals surface area contributed by atoms with Crippen molar-refractivity contribution in [1.29, 1.82) is 0 Å². The van der Waals surface area contributed by atoms with E-state index in [-0.39, 0.29) is 0 Å². The van der Waals surface area contributed by atoms with Crippen molar-refractivity contribution < 1.29 is 13.2 Å². The average molecular weight is 407 g/mol. The predicted octanol–water partition coefficient (Wildman–Crippen LogP) is 7.21. The van der Waals surface area contributed by atoms with Gasteiger partial charge in [0.15, 0.2) is 0 Å². The molecule has 0 spiro atoms. The zero-order valence-electron chi connectivity index (χ0n) is 17.0. The first-order valence-electron chi connectivity index (χ1n) is 10.6. The lowest BCUT2D eigenvalue weighted by atomic mass is 9.55. The second-order valence-electron chi connectivity index (χ2n) is 8.90. The highest BCUT2D eigenvalue weighted by molar-refractivity contribution is 6.21. The average Bonchev–Trinajstić information content (AvgIpc) is 2.72. The number of aliphatic imine (C=N–C) groups is 1. The molecule has 3 aromatic carbocycles. The Morgan fingerprint density at radius 3 is 2.33 bits per heavy atom. The molecule has 30 heavy (non-hydrogen) atoms. The number of rotatable bonds is 2. The van der Waals surface area contributed by atoms with E-state index in [2.05, 4.69) is 0 Å². The van der Waals surface area contributed by atoms with Gasteiger partial charge in [0.25, 0.3) is 0 Å². The van der Waals surface area contributed by atoms with Gasteiger partial charge in [0, 0.05) is 16.5 Å². The van der Waals surface area contributed by atoms with Gasteiger partial charge in [-0.1, -0.05) is 86.5 Å². The standard InChI is InChI=1S/C26H24F3N/c1-24-15-6-7-16-25(24,17-26(27,28)29)30-23(21-12-4-5-14-22(21)24)20-13-8-10-18-9-2-3-11-19(18)20/h2-5,8-14H,6-7,15-17H2,1H3/t24-,25+/m0/s1. The summed E-state index contributed by atoms with van der Waals surface area (Å²) in [4.78, 5) is 5.05. The van der Waals surface area contributed by atoms with E-state index in [0.29, 0.717) is 12.1 Å². The number of nitrogens with zero attached hydrogens (tertiary/aromatic N) is 1. The largest absolute Gasteiger partial charge is 0.391 e. The molecule has 1 heterocycles. The maximum Gasteiger partial charge on any atom is 0.391 e. The molecule has 2 aliphatic rings. The first-order chi connectivity index (χ1) is 14.3. The van der Waals surface area contributed by atoms with Crippen LogP contribution in [0.3, 0.4) is 0 Å². The van der Waals surface area contributed by atoms with Crippen molar-refractivity contribution in [3.8, 4) is 0 Å². The molecule has 3 aromatic rings. The second kappa shape index (κ2) is 6.69. The molecule has 1 fully saturated rings. The quantitative estimate of drug-likeness (QED) is 0.425. The molecule has 2 atom stereocenters. The Balaban J connectivity index is 1.83. The number of benzene rings is 3. The minimum Gasteiger partial charge on any atom is -0.276 e. The van der Waals surface area contributed by atoms with Gasteiger partial charge in [0.2, 0.25) is 0 Å². The van der Waals surface area contributed by atoms with Gasteiger partial charge in [-0.15, -0.1) is 0 Å². The highest BCUT2D eigenvalue weighted by atomic mass is 19.4. The minimum atomic E-state index is -4.27. The lowest BCUT2D eigenvalue weighted by Crippen LogP contribution is -2.56. The number of alkyl halides is 3. The zero-order chi connectivity index (χ0) is 21.0. The number of halogens is 3. The molecule has 154 valence electrons. The lowest BCUT2D eigenvalue weighted by Gasteiger charge is -2.53. The molecule has 1 nitrogen and oxygen atoms in total. The molecule has 0 N–H and O–H groups in total. The monoisotopic (exact) mass is 407 g/mol. The second-order valence-corrected chi connectivity index (χ2v) is 8.90. The first kappa shape index (κ1) is 19.3. The Labute approximate surface area is 174 Å². The Bertz CT molecular complexity index is 1140. The summed E-state index contributed by atoms with van der Waals surface area (Å²) in [5.74, 6) is 0. The summed E-state index contributed by atoms with van der Waals surface area (Å²) in [6, 6.07) is 21.9. The Morgan fingerprint density at radius 1 is 0.833 bits per heavy atom. The number of hydrogen-bond donors (Lipinski definition) is 0. The summed E-state index contributed by atoms with van der Waals surface area (Å²) >= 11 is 0. The summed E-state index contributed by atoms with van der Waals surface area (Å²) in [5, 5.41) is 2.09. The molecular weight excluding hydrogens is 383 g/mol. The van der Waals surface area contributed by atoms with Crippen LogP contribution in [0.15, 0.2) is 71.7 Å². The summed E-state index contributed by atoms with van der Waals surface area (Å²) in [6.07, 6.45) is -2.24. The van der Waals surface area contributed by atoms with E-state index in [4.69, 9.17) is 4.99 Å². The molecule has 5 rings (SSSR count). The van der Waals surface area contributed by atoms with Crippen LogP contribution >= 0.6 is 0 Å². The SMILES string of the molecule is C[C@@]12CCCC[C@]1(CC(F)(F)F)N=C(c1cccc3ccccc13)c1ccccc12. The summed E-state index contributed by atoms with van der Waals surface area (Å²) in [6.45, 7) is 2.00. The van der Waals surface area contributed by atoms with Crippen LogP contribution in [0, 0.1) is 0 Å². The maximum absolute atomic E-state index is 13.9. The van der Waals surface area contributed by atoms with Gasteiger partial charge in [-0.25, -0.2) is 0 Å². The van der Waals surface area contributed by atoms with Crippen molar-refractivity contribution >= 4 is 16.5 Å². The third-order valence-corrected chi connectivity index (χ3v) is 7.18. The normalized spacial score (nSPS) is 26.1. The molecule has 0 amide bonds. The van der Waals surface area contributed by atoms with E-state index in [1.54, 1.807) is 0 Å². The molecule has 0 bridgehead atoms. The fourth-order valence-electron chi connectivity index (χ4n) is 5.71. The van der Waals surface area contributed by atoms with Gasteiger partial charge < -0.3 is 0 Å². The van der Waals surface area contributed by atoms with Crippen LogP contribution in [0.5, 0.6) is 0 Å². The molecule has 1 aliphatic carbocycles. The van der Waals surface area contributed by atoms with Crippen LogP contribution in [0.4, 0.5) is 13.2 Å². The van der Waals surface area contributed by atoms with Crippen LogP contribution in [0.25, 0.3) is 10.8 Å². The maximum atomic E-state index is 13.9. The highest BCUT2D eigenvalue weighted by Crippen LogP contribution is 2.56. The van der Waals surface area contributed by atoms with Crippen LogP contribution in [0.2, 0.25) is 0 Å².